The first-order valence-corrected chi connectivity index (χ1v) is 7.45. The first-order chi connectivity index (χ1) is 9.81. The molecule has 6 heteroatoms. The van der Waals surface area contributed by atoms with Crippen LogP contribution in [0.5, 0.6) is 0 Å². The van der Waals surface area contributed by atoms with E-state index in [1.54, 1.807) is 32.2 Å². The normalized spacial score (nSPS) is 13.3. The molecule has 1 atom stereocenters. The van der Waals surface area contributed by atoms with Crippen LogP contribution in [0, 0.1) is 5.82 Å². The van der Waals surface area contributed by atoms with Gasteiger partial charge in [0.25, 0.3) is 0 Å². The summed E-state index contributed by atoms with van der Waals surface area (Å²) in [5.41, 5.74) is 7.16. The Morgan fingerprint density at radius 3 is 2.90 bits per heavy atom. The zero-order valence-electron chi connectivity index (χ0n) is 11.8. The molecule has 0 radical (unpaired) electrons. The number of nitrogens with zero attached hydrogens (tertiary/aromatic N) is 1. The van der Waals surface area contributed by atoms with Crippen molar-refractivity contribution in [2.24, 2.45) is 5.73 Å². The molecule has 0 aliphatic heterocycles. The first kappa shape index (κ1) is 15.7. The molecule has 112 valence electrons. The molecule has 0 saturated heterocycles. The standard InChI is InChI=1S/C15H17FN2O2S/c1-15(2,13(17)14(19)20)21-8-10-7-11(16)6-9-4-3-5-18-12(9)10/h3-7,13H,8,17H2,1-2H3,(H,19,20)/t13-/m1/s1. The molecule has 0 spiro atoms. The summed E-state index contributed by atoms with van der Waals surface area (Å²) in [7, 11) is 0. The average molecular weight is 308 g/mol. The number of thioether (sulfide) groups is 1. The number of nitrogens with two attached hydrogens (primary N) is 1. The summed E-state index contributed by atoms with van der Waals surface area (Å²) >= 11 is 1.38. The highest BCUT2D eigenvalue weighted by Gasteiger charge is 2.32. The lowest BCUT2D eigenvalue weighted by Gasteiger charge is -2.28. The average Bonchev–Trinajstić information content (AvgIpc) is 2.43. The predicted molar refractivity (Wildman–Crippen MR) is 82.7 cm³/mol. The first-order valence-electron chi connectivity index (χ1n) is 6.47. The number of halogens is 1. The van der Waals surface area contributed by atoms with E-state index >= 15 is 0 Å². The summed E-state index contributed by atoms with van der Waals surface area (Å²) in [4.78, 5) is 15.3. The van der Waals surface area contributed by atoms with Crippen molar-refractivity contribution in [3.8, 4) is 0 Å². The largest absolute Gasteiger partial charge is 0.480 e. The van der Waals surface area contributed by atoms with Crippen LogP contribution in [0.4, 0.5) is 4.39 Å². The van der Waals surface area contributed by atoms with Gasteiger partial charge in [0.1, 0.15) is 11.9 Å². The molecular formula is C15H17FN2O2S. The van der Waals surface area contributed by atoms with Crippen molar-refractivity contribution in [1.29, 1.82) is 0 Å². The molecule has 0 saturated carbocycles. The van der Waals surface area contributed by atoms with Crippen molar-refractivity contribution < 1.29 is 14.3 Å². The Balaban J connectivity index is 2.26. The highest BCUT2D eigenvalue weighted by Crippen LogP contribution is 2.32. The van der Waals surface area contributed by atoms with Crippen molar-refractivity contribution in [2.45, 2.75) is 30.4 Å². The summed E-state index contributed by atoms with van der Waals surface area (Å²) in [5, 5.41) is 9.75. The minimum atomic E-state index is -1.05. The lowest BCUT2D eigenvalue weighted by Crippen LogP contribution is -2.46. The number of aliphatic carboxylic acids is 1. The molecule has 0 fully saturated rings. The second-order valence-electron chi connectivity index (χ2n) is 5.35. The molecule has 0 aliphatic carbocycles. The molecule has 4 nitrogen and oxygen atoms in total. The zero-order chi connectivity index (χ0) is 15.6. The monoisotopic (exact) mass is 308 g/mol. The predicted octanol–water partition coefficient (Wildman–Crippen LogP) is 2.80. The van der Waals surface area contributed by atoms with Gasteiger partial charge in [0.2, 0.25) is 0 Å². The fraction of sp³-hybridized carbons (Fsp3) is 0.333. The Hall–Kier alpha value is -1.66. The van der Waals surface area contributed by atoms with Gasteiger partial charge >= 0.3 is 5.97 Å². The van der Waals surface area contributed by atoms with Crippen LogP contribution < -0.4 is 5.73 Å². The third kappa shape index (κ3) is 3.51. The van der Waals surface area contributed by atoms with Crippen molar-refractivity contribution in [1.82, 2.24) is 4.98 Å². The number of benzene rings is 1. The van der Waals surface area contributed by atoms with Gasteiger partial charge in [0.05, 0.1) is 5.52 Å². The fourth-order valence-corrected chi connectivity index (χ4v) is 3.02. The van der Waals surface area contributed by atoms with E-state index in [0.717, 1.165) is 16.5 Å². The van der Waals surface area contributed by atoms with Crippen LogP contribution in [0.15, 0.2) is 30.5 Å². The molecule has 0 amide bonds. The van der Waals surface area contributed by atoms with E-state index < -0.39 is 16.8 Å². The number of carboxylic acids is 1. The van der Waals surface area contributed by atoms with Crippen LogP contribution in [-0.4, -0.2) is 26.8 Å². The Morgan fingerprint density at radius 2 is 2.24 bits per heavy atom. The number of fused-ring (bicyclic) bond motifs is 1. The molecule has 21 heavy (non-hydrogen) atoms. The van der Waals surface area contributed by atoms with Crippen LogP contribution in [0.25, 0.3) is 10.9 Å². The van der Waals surface area contributed by atoms with Gasteiger partial charge in [-0.15, -0.1) is 11.8 Å². The van der Waals surface area contributed by atoms with Crippen LogP contribution in [0.2, 0.25) is 0 Å². The molecule has 2 aromatic rings. The van der Waals surface area contributed by atoms with Crippen LogP contribution in [0.1, 0.15) is 19.4 Å². The lowest BCUT2D eigenvalue weighted by molar-refractivity contribution is -0.139. The van der Waals surface area contributed by atoms with Gasteiger partial charge in [0.15, 0.2) is 0 Å². The number of pyridine rings is 1. The van der Waals surface area contributed by atoms with Gasteiger partial charge in [-0.3, -0.25) is 9.78 Å². The Kier molecular flexibility index (Phi) is 4.49. The zero-order valence-corrected chi connectivity index (χ0v) is 12.7. The van der Waals surface area contributed by atoms with E-state index in [1.807, 2.05) is 0 Å². The van der Waals surface area contributed by atoms with Gasteiger partial charge in [-0.05, 0) is 37.6 Å². The van der Waals surface area contributed by atoms with E-state index in [9.17, 15) is 9.18 Å². The van der Waals surface area contributed by atoms with Crippen LogP contribution in [0.3, 0.4) is 0 Å². The van der Waals surface area contributed by atoms with E-state index in [-0.39, 0.29) is 5.82 Å². The molecule has 1 heterocycles. The smallest absolute Gasteiger partial charge is 0.321 e. The number of carboxylic acid groups (broad SMARTS) is 1. The summed E-state index contributed by atoms with van der Waals surface area (Å²) < 4.78 is 13.0. The summed E-state index contributed by atoms with van der Waals surface area (Å²) in [6.45, 7) is 3.54. The minimum Gasteiger partial charge on any atom is -0.480 e. The third-order valence-electron chi connectivity index (χ3n) is 3.36. The van der Waals surface area contributed by atoms with E-state index in [4.69, 9.17) is 10.8 Å². The van der Waals surface area contributed by atoms with Crippen molar-refractivity contribution >= 4 is 28.6 Å². The fourth-order valence-electron chi connectivity index (χ4n) is 1.99. The van der Waals surface area contributed by atoms with Crippen LogP contribution >= 0.6 is 11.8 Å². The van der Waals surface area contributed by atoms with E-state index in [2.05, 4.69) is 4.98 Å². The highest BCUT2D eigenvalue weighted by atomic mass is 32.2. The SMILES string of the molecule is CC(C)(SCc1cc(F)cc2cccnc12)[C@H](N)C(=O)O. The molecule has 0 unspecified atom stereocenters. The number of hydrogen-bond donors (Lipinski definition) is 2. The summed E-state index contributed by atoms with van der Waals surface area (Å²) in [5.74, 6) is -0.930. The van der Waals surface area contributed by atoms with E-state index in [1.165, 1.54) is 23.9 Å². The third-order valence-corrected chi connectivity index (χ3v) is 4.82. The molecule has 1 aromatic heterocycles. The second-order valence-corrected chi connectivity index (χ2v) is 6.98. The Labute approximate surface area is 126 Å². The van der Waals surface area contributed by atoms with Crippen LogP contribution in [-0.2, 0) is 10.5 Å². The number of carbonyl (C=O) groups is 1. The molecular weight excluding hydrogens is 291 g/mol. The summed E-state index contributed by atoms with van der Waals surface area (Å²) in [6.07, 6.45) is 1.66. The number of rotatable bonds is 5. The minimum absolute atomic E-state index is 0.327. The van der Waals surface area contributed by atoms with Gasteiger partial charge < -0.3 is 10.8 Å². The maximum atomic E-state index is 13.6. The maximum Gasteiger partial charge on any atom is 0.321 e. The van der Waals surface area contributed by atoms with Gasteiger partial charge in [-0.1, -0.05) is 6.07 Å². The maximum absolute atomic E-state index is 13.6. The second kappa shape index (κ2) is 5.99. The Morgan fingerprint density at radius 1 is 1.52 bits per heavy atom. The van der Waals surface area contributed by atoms with Gasteiger partial charge in [-0.25, -0.2) is 4.39 Å². The van der Waals surface area contributed by atoms with Gasteiger partial charge in [0, 0.05) is 22.1 Å². The molecule has 0 bridgehead atoms. The Bertz CT molecular complexity index is 676. The lowest BCUT2D eigenvalue weighted by atomic mass is 10.1. The van der Waals surface area contributed by atoms with Crippen molar-refractivity contribution in [3.05, 3.63) is 41.8 Å². The van der Waals surface area contributed by atoms with Crippen molar-refractivity contribution in [2.75, 3.05) is 0 Å². The number of hydrogen-bond acceptors (Lipinski definition) is 4. The molecule has 2 rings (SSSR count). The van der Waals surface area contributed by atoms with Crippen molar-refractivity contribution in [3.63, 3.8) is 0 Å². The quantitative estimate of drug-likeness (QED) is 0.888. The summed E-state index contributed by atoms with van der Waals surface area (Å²) in [6, 6.07) is 5.43. The highest BCUT2D eigenvalue weighted by molar-refractivity contribution is 7.99. The van der Waals surface area contributed by atoms with E-state index in [0.29, 0.717) is 5.75 Å². The molecule has 3 N–H and O–H groups in total. The van der Waals surface area contributed by atoms with Gasteiger partial charge in [-0.2, -0.15) is 0 Å². The molecule has 0 aliphatic rings. The molecule has 1 aromatic carbocycles. The number of aromatic nitrogens is 1. The topological polar surface area (TPSA) is 76.2 Å².